The molecule has 1 fully saturated rings. The zero-order valence-corrected chi connectivity index (χ0v) is 22.5. The van der Waals surface area contributed by atoms with Crippen LogP contribution in [-0.4, -0.2) is 22.7 Å². The van der Waals surface area contributed by atoms with Crippen LogP contribution in [-0.2, 0) is 11.0 Å². The van der Waals surface area contributed by atoms with Gasteiger partial charge < -0.3 is 16.0 Å². The van der Waals surface area contributed by atoms with Gasteiger partial charge in [-0.15, -0.1) is 23.2 Å². The lowest BCUT2D eigenvalue weighted by atomic mass is 10.0. The summed E-state index contributed by atoms with van der Waals surface area (Å²) in [6.45, 7) is 1.85. The van der Waals surface area contributed by atoms with Crippen LogP contribution in [0.15, 0.2) is 48.5 Å². The highest BCUT2D eigenvalue weighted by molar-refractivity contribution is 6.53. The van der Waals surface area contributed by atoms with Crippen LogP contribution in [0.25, 0.3) is 0 Å². The Morgan fingerprint density at radius 2 is 1.62 bits per heavy atom. The smallest absolute Gasteiger partial charge is 0.381 e. The molecule has 0 radical (unpaired) electrons. The molecule has 0 heterocycles. The number of hydrogen-bond donors (Lipinski definition) is 3. The molecule has 2 amide bonds. The first kappa shape index (κ1) is 29.8. The van der Waals surface area contributed by atoms with Crippen molar-refractivity contribution >= 4 is 63.7 Å². The Kier molecular flexibility index (Phi) is 8.22. The highest BCUT2D eigenvalue weighted by Gasteiger charge is 2.67. The Morgan fingerprint density at radius 1 is 0.950 bits per heavy atom. The van der Waals surface area contributed by atoms with E-state index in [2.05, 4.69) is 16.0 Å². The fraction of sp³-hybridized carbons (Fsp3) is 0.231. The zero-order chi connectivity index (χ0) is 29.6. The summed E-state index contributed by atoms with van der Waals surface area (Å²) in [5, 5.41) is 7.22. The van der Waals surface area contributed by atoms with E-state index < -0.39 is 62.9 Å². The summed E-state index contributed by atoms with van der Waals surface area (Å²) in [7, 11) is 0. The van der Waals surface area contributed by atoms with Crippen molar-refractivity contribution in [2.24, 2.45) is 5.92 Å². The first-order valence-electron chi connectivity index (χ1n) is 11.5. The van der Waals surface area contributed by atoms with Gasteiger partial charge in [-0.05, 0) is 55.0 Å². The van der Waals surface area contributed by atoms with Gasteiger partial charge in [0.2, 0.25) is 5.91 Å². The molecule has 0 spiro atoms. The molecule has 0 aromatic heterocycles. The van der Waals surface area contributed by atoms with Crippen LogP contribution in [0.5, 0.6) is 0 Å². The topological polar surface area (TPSA) is 70.2 Å². The summed E-state index contributed by atoms with van der Waals surface area (Å²) in [5.74, 6) is -7.35. The molecular formula is C26H18Cl3F6N3O2. The van der Waals surface area contributed by atoms with E-state index in [9.17, 15) is 35.9 Å². The minimum absolute atomic E-state index is 0.0392. The molecule has 212 valence electrons. The molecule has 0 saturated heterocycles. The molecule has 40 heavy (non-hydrogen) atoms. The molecular weight excluding hydrogens is 607 g/mol. The van der Waals surface area contributed by atoms with Gasteiger partial charge >= 0.3 is 6.18 Å². The minimum Gasteiger partial charge on any atom is -0.381 e. The Morgan fingerprint density at radius 3 is 2.27 bits per heavy atom. The Hall–Kier alpha value is -3.15. The van der Waals surface area contributed by atoms with Gasteiger partial charge in [0.1, 0.15) is 21.7 Å². The normalized spacial score (nSPS) is 17.8. The van der Waals surface area contributed by atoms with Crippen LogP contribution in [0.2, 0.25) is 5.02 Å². The van der Waals surface area contributed by atoms with Gasteiger partial charge in [-0.3, -0.25) is 9.59 Å². The third-order valence-corrected chi connectivity index (χ3v) is 7.43. The SMILES string of the molecule is CCNc1c(F)ccc(NC(=O)c2cc(NC(=O)[C@H]3[C@H](c4ccc(F)c(C(F)(F)F)c4)C3(Cl)Cl)ccc2Cl)c1F. The molecule has 0 aliphatic heterocycles. The van der Waals surface area contributed by atoms with Crippen molar-refractivity contribution in [3.63, 3.8) is 0 Å². The average Bonchev–Trinajstić information content (AvgIpc) is 3.46. The van der Waals surface area contributed by atoms with E-state index in [4.69, 9.17) is 34.8 Å². The molecule has 1 saturated carbocycles. The fourth-order valence-corrected chi connectivity index (χ4v) is 5.23. The number of rotatable bonds is 7. The van der Waals surface area contributed by atoms with Gasteiger partial charge in [0, 0.05) is 18.2 Å². The second-order valence-corrected chi connectivity index (χ2v) is 10.7. The lowest BCUT2D eigenvalue weighted by Crippen LogP contribution is -2.18. The number of carbonyl (C=O) groups excluding carboxylic acids is 2. The van der Waals surface area contributed by atoms with Crippen LogP contribution in [0.4, 0.5) is 43.4 Å². The van der Waals surface area contributed by atoms with E-state index >= 15 is 0 Å². The number of halogens is 9. The van der Waals surface area contributed by atoms with Crippen LogP contribution >= 0.6 is 34.8 Å². The molecule has 1 aliphatic rings. The number of amides is 2. The van der Waals surface area contributed by atoms with Crippen LogP contribution in [0, 0.1) is 23.4 Å². The summed E-state index contributed by atoms with van der Waals surface area (Å²) in [4.78, 5) is 25.8. The Labute approximate surface area is 238 Å². The maximum Gasteiger partial charge on any atom is 0.419 e. The molecule has 3 aromatic rings. The molecule has 14 heteroatoms. The van der Waals surface area contributed by atoms with Gasteiger partial charge in [-0.25, -0.2) is 13.2 Å². The van der Waals surface area contributed by atoms with Gasteiger partial charge in [-0.1, -0.05) is 17.7 Å². The predicted molar refractivity (Wildman–Crippen MR) is 141 cm³/mol. The molecule has 3 N–H and O–H groups in total. The first-order valence-corrected chi connectivity index (χ1v) is 12.7. The lowest BCUT2D eigenvalue weighted by Gasteiger charge is -2.13. The van der Waals surface area contributed by atoms with Crippen molar-refractivity contribution in [1.82, 2.24) is 0 Å². The van der Waals surface area contributed by atoms with E-state index in [1.807, 2.05) is 0 Å². The quantitative estimate of drug-likeness (QED) is 0.184. The Balaban J connectivity index is 1.53. The van der Waals surface area contributed by atoms with Gasteiger partial charge in [0.15, 0.2) is 5.82 Å². The molecule has 3 aromatic carbocycles. The number of alkyl halides is 5. The Bertz CT molecular complexity index is 1500. The zero-order valence-electron chi connectivity index (χ0n) is 20.2. The van der Waals surface area contributed by atoms with Crippen LogP contribution < -0.4 is 16.0 Å². The molecule has 4 rings (SSSR count). The third kappa shape index (κ3) is 5.82. The van der Waals surface area contributed by atoms with E-state index in [0.29, 0.717) is 12.1 Å². The standard InChI is InChI=1S/C26H18Cl3F6N3O2/c1-2-36-22-17(31)7-8-18(21(22)32)38-23(39)13-10-12(4-5-15(13)27)37-24(40)20-19(25(20,28)29)11-3-6-16(30)14(9-11)26(33,34)35/h3-10,19-20,36H,2H2,1H3,(H,37,40)(H,38,39)/t19-,20+/m0/s1. The average molecular weight is 625 g/mol. The second kappa shape index (κ2) is 11.0. The maximum absolute atomic E-state index is 14.7. The molecule has 5 nitrogen and oxygen atoms in total. The minimum atomic E-state index is -4.97. The molecule has 1 aliphatic carbocycles. The fourth-order valence-electron chi connectivity index (χ4n) is 4.20. The maximum atomic E-state index is 14.7. The van der Waals surface area contributed by atoms with Crippen molar-refractivity contribution < 1.29 is 35.9 Å². The van der Waals surface area contributed by atoms with Crippen molar-refractivity contribution in [1.29, 1.82) is 0 Å². The van der Waals surface area contributed by atoms with Crippen molar-refractivity contribution in [3.05, 3.63) is 87.7 Å². The van der Waals surface area contributed by atoms with E-state index in [1.54, 1.807) is 6.92 Å². The third-order valence-electron chi connectivity index (χ3n) is 6.16. The highest BCUT2D eigenvalue weighted by Crippen LogP contribution is 2.65. The highest BCUT2D eigenvalue weighted by atomic mass is 35.5. The van der Waals surface area contributed by atoms with Crippen LogP contribution in [0.3, 0.4) is 0 Å². The number of hydrogen-bond acceptors (Lipinski definition) is 3. The lowest BCUT2D eigenvalue weighted by molar-refractivity contribution is -0.140. The van der Waals surface area contributed by atoms with E-state index in [-0.39, 0.29) is 34.1 Å². The monoisotopic (exact) mass is 623 g/mol. The summed E-state index contributed by atoms with van der Waals surface area (Å²) in [6.07, 6.45) is -4.97. The van der Waals surface area contributed by atoms with E-state index in [0.717, 1.165) is 18.2 Å². The first-order chi connectivity index (χ1) is 18.7. The largest absolute Gasteiger partial charge is 0.419 e. The van der Waals surface area contributed by atoms with Crippen molar-refractivity contribution in [2.45, 2.75) is 23.4 Å². The number of carbonyl (C=O) groups is 2. The molecule has 0 unspecified atom stereocenters. The summed E-state index contributed by atoms with van der Waals surface area (Å²) < 4.78 is 79.9. The number of anilines is 3. The summed E-state index contributed by atoms with van der Waals surface area (Å²) >= 11 is 18.5. The van der Waals surface area contributed by atoms with Crippen molar-refractivity contribution in [2.75, 3.05) is 22.5 Å². The molecule has 2 atom stereocenters. The second-order valence-electron chi connectivity index (χ2n) is 8.82. The van der Waals surface area contributed by atoms with Gasteiger partial charge in [0.25, 0.3) is 5.91 Å². The molecule has 0 bridgehead atoms. The predicted octanol–water partition coefficient (Wildman–Crippen LogP) is 7.99. The van der Waals surface area contributed by atoms with Crippen molar-refractivity contribution in [3.8, 4) is 0 Å². The van der Waals surface area contributed by atoms with Crippen LogP contribution in [0.1, 0.15) is 34.3 Å². The summed E-state index contributed by atoms with van der Waals surface area (Å²) in [5.41, 5.74) is -2.52. The van der Waals surface area contributed by atoms with Gasteiger partial charge in [0.05, 0.1) is 27.8 Å². The van der Waals surface area contributed by atoms with E-state index in [1.165, 1.54) is 18.2 Å². The number of benzene rings is 3. The number of nitrogens with one attached hydrogen (secondary N) is 3. The van der Waals surface area contributed by atoms with Gasteiger partial charge in [-0.2, -0.15) is 13.2 Å². The summed E-state index contributed by atoms with van der Waals surface area (Å²) in [6, 6.07) is 7.98.